The number of carbonyl (C=O) groups is 1. The molecule has 0 aliphatic rings. The van der Waals surface area contributed by atoms with Crippen LogP contribution in [-0.4, -0.2) is 22.1 Å². The van der Waals surface area contributed by atoms with Gasteiger partial charge in [0, 0.05) is 11.4 Å². The van der Waals surface area contributed by atoms with Gasteiger partial charge in [-0.15, -0.1) is 0 Å². The monoisotopic (exact) mass is 288 g/mol. The average Bonchev–Trinajstić information content (AvgIpc) is 2.39. The van der Waals surface area contributed by atoms with E-state index in [2.05, 4.69) is 4.98 Å². The number of carbonyl (C=O) groups excluding carboxylic acids is 1. The van der Waals surface area contributed by atoms with Crippen LogP contribution >= 0.6 is 12.2 Å². The Labute approximate surface area is 123 Å². The lowest BCUT2D eigenvalue weighted by molar-refractivity contribution is 0.0523. The van der Waals surface area contributed by atoms with Crippen molar-refractivity contribution in [1.82, 2.24) is 9.55 Å². The van der Waals surface area contributed by atoms with E-state index in [4.69, 9.17) is 17.0 Å². The SMILES string of the molecule is CCOC(=O)c1c(C)n(-c2ccccc2)c(C)nc1=S. The van der Waals surface area contributed by atoms with Gasteiger partial charge in [-0.2, -0.15) is 0 Å². The molecular formula is C15H16N2O2S. The van der Waals surface area contributed by atoms with Crippen molar-refractivity contribution < 1.29 is 9.53 Å². The molecule has 0 radical (unpaired) electrons. The zero-order valence-corrected chi connectivity index (χ0v) is 12.5. The molecule has 0 aliphatic carbocycles. The van der Waals surface area contributed by atoms with Gasteiger partial charge in [0.15, 0.2) is 0 Å². The van der Waals surface area contributed by atoms with E-state index in [-0.39, 0.29) is 4.64 Å². The summed E-state index contributed by atoms with van der Waals surface area (Å²) in [4.78, 5) is 16.3. The van der Waals surface area contributed by atoms with Crippen LogP contribution in [0.5, 0.6) is 0 Å². The number of nitrogens with zero attached hydrogens (tertiary/aromatic N) is 2. The average molecular weight is 288 g/mol. The summed E-state index contributed by atoms with van der Waals surface area (Å²) in [6.07, 6.45) is 0. The molecule has 104 valence electrons. The Morgan fingerprint density at radius 2 is 1.95 bits per heavy atom. The predicted molar refractivity (Wildman–Crippen MR) is 79.8 cm³/mol. The second-order valence-corrected chi connectivity index (χ2v) is 4.70. The van der Waals surface area contributed by atoms with Gasteiger partial charge in [0.1, 0.15) is 16.0 Å². The Kier molecular flexibility index (Phi) is 4.29. The fourth-order valence-electron chi connectivity index (χ4n) is 2.16. The number of esters is 1. The lowest BCUT2D eigenvalue weighted by Gasteiger charge is -2.16. The van der Waals surface area contributed by atoms with Crippen molar-refractivity contribution in [2.24, 2.45) is 0 Å². The Balaban J connectivity index is 2.68. The molecule has 0 spiro atoms. The minimum atomic E-state index is -0.424. The molecule has 0 bridgehead atoms. The van der Waals surface area contributed by atoms with Gasteiger partial charge in [-0.25, -0.2) is 9.78 Å². The minimum Gasteiger partial charge on any atom is -0.462 e. The second-order valence-electron chi connectivity index (χ2n) is 4.32. The van der Waals surface area contributed by atoms with Crippen LogP contribution in [0.15, 0.2) is 30.3 Å². The molecule has 1 aromatic heterocycles. The predicted octanol–water partition coefficient (Wildman–Crippen LogP) is 3.40. The first kappa shape index (κ1) is 14.4. The zero-order valence-electron chi connectivity index (χ0n) is 11.7. The van der Waals surface area contributed by atoms with Crippen LogP contribution in [0.4, 0.5) is 0 Å². The summed E-state index contributed by atoms with van der Waals surface area (Å²) < 4.78 is 7.25. The van der Waals surface area contributed by atoms with Crippen LogP contribution in [0.1, 0.15) is 28.8 Å². The van der Waals surface area contributed by atoms with Gasteiger partial charge in [-0.3, -0.25) is 0 Å². The smallest absolute Gasteiger partial charge is 0.343 e. The number of rotatable bonds is 3. The number of aromatic nitrogens is 2. The van der Waals surface area contributed by atoms with Crippen molar-refractivity contribution >= 4 is 18.2 Å². The maximum atomic E-state index is 12.0. The van der Waals surface area contributed by atoms with E-state index in [1.165, 1.54) is 0 Å². The molecule has 4 nitrogen and oxygen atoms in total. The fourth-order valence-corrected chi connectivity index (χ4v) is 2.52. The van der Waals surface area contributed by atoms with Gasteiger partial charge < -0.3 is 9.30 Å². The Morgan fingerprint density at radius 3 is 2.55 bits per heavy atom. The van der Waals surface area contributed by atoms with Gasteiger partial charge in [0.25, 0.3) is 0 Å². The lowest BCUT2D eigenvalue weighted by Crippen LogP contribution is -2.16. The molecule has 0 amide bonds. The topological polar surface area (TPSA) is 44.1 Å². The third-order valence-corrected chi connectivity index (χ3v) is 3.29. The molecule has 0 aliphatic heterocycles. The minimum absolute atomic E-state index is 0.283. The summed E-state index contributed by atoms with van der Waals surface area (Å²) >= 11 is 5.20. The Bertz CT molecular complexity index is 693. The molecule has 0 saturated carbocycles. The maximum Gasteiger partial charge on any atom is 0.343 e. The first-order chi connectivity index (χ1) is 9.56. The summed E-state index contributed by atoms with van der Waals surface area (Å²) in [7, 11) is 0. The highest BCUT2D eigenvalue weighted by molar-refractivity contribution is 7.71. The van der Waals surface area contributed by atoms with Gasteiger partial charge in [0.2, 0.25) is 0 Å². The van der Waals surface area contributed by atoms with Gasteiger partial charge >= 0.3 is 5.97 Å². The maximum absolute atomic E-state index is 12.0. The van der Waals surface area contributed by atoms with Crippen LogP contribution in [-0.2, 0) is 4.74 Å². The molecule has 0 unspecified atom stereocenters. The summed E-state index contributed by atoms with van der Waals surface area (Å²) in [6, 6.07) is 9.73. The van der Waals surface area contributed by atoms with Crippen molar-refractivity contribution in [3.63, 3.8) is 0 Å². The van der Waals surface area contributed by atoms with Crippen LogP contribution in [0.25, 0.3) is 5.69 Å². The van der Waals surface area contributed by atoms with Crippen molar-refractivity contribution in [3.05, 3.63) is 52.1 Å². The van der Waals surface area contributed by atoms with Crippen molar-refractivity contribution in [3.8, 4) is 5.69 Å². The third kappa shape index (κ3) is 2.63. The molecule has 20 heavy (non-hydrogen) atoms. The summed E-state index contributed by atoms with van der Waals surface area (Å²) in [6.45, 7) is 5.80. The molecule has 1 heterocycles. The van der Waals surface area contributed by atoms with Crippen molar-refractivity contribution in [1.29, 1.82) is 0 Å². The standard InChI is InChI=1S/C15H16N2O2S/c1-4-19-15(18)13-10(2)17(11(3)16-14(13)20)12-8-6-5-7-9-12/h5-9H,4H2,1-3H3. The van der Waals surface area contributed by atoms with Crippen LogP contribution < -0.4 is 0 Å². The molecular weight excluding hydrogens is 272 g/mol. The molecule has 0 atom stereocenters. The number of aryl methyl sites for hydroxylation is 1. The van der Waals surface area contributed by atoms with E-state index in [1.54, 1.807) is 6.92 Å². The number of ether oxygens (including phenoxy) is 1. The van der Waals surface area contributed by atoms with E-state index >= 15 is 0 Å². The van der Waals surface area contributed by atoms with Gasteiger partial charge in [0.05, 0.1) is 6.61 Å². The molecule has 1 aromatic carbocycles. The summed E-state index contributed by atoms with van der Waals surface area (Å²) in [5.74, 6) is 0.318. The zero-order chi connectivity index (χ0) is 14.7. The van der Waals surface area contributed by atoms with Crippen molar-refractivity contribution in [2.75, 3.05) is 6.61 Å². The molecule has 5 heteroatoms. The Morgan fingerprint density at radius 1 is 1.30 bits per heavy atom. The first-order valence-corrected chi connectivity index (χ1v) is 6.80. The highest BCUT2D eigenvalue weighted by atomic mass is 32.1. The summed E-state index contributed by atoms with van der Waals surface area (Å²) in [5, 5.41) is 0. The number of para-hydroxylation sites is 1. The fraction of sp³-hybridized carbons (Fsp3) is 0.267. The van der Waals surface area contributed by atoms with Crippen LogP contribution in [0, 0.1) is 18.5 Å². The number of benzene rings is 1. The van der Waals surface area contributed by atoms with E-state index in [1.807, 2.05) is 48.7 Å². The van der Waals surface area contributed by atoms with Gasteiger partial charge in [-0.1, -0.05) is 30.4 Å². The largest absolute Gasteiger partial charge is 0.462 e. The van der Waals surface area contributed by atoms with Gasteiger partial charge in [-0.05, 0) is 32.9 Å². The normalized spacial score (nSPS) is 10.3. The van der Waals surface area contributed by atoms with E-state index in [9.17, 15) is 4.79 Å². The third-order valence-electron chi connectivity index (χ3n) is 2.99. The van der Waals surface area contributed by atoms with E-state index in [0.29, 0.717) is 12.2 Å². The number of hydrogen-bond acceptors (Lipinski definition) is 4. The summed E-state index contributed by atoms with van der Waals surface area (Å²) in [5.41, 5.74) is 2.04. The molecule has 0 fully saturated rings. The highest BCUT2D eigenvalue weighted by Gasteiger charge is 2.18. The van der Waals surface area contributed by atoms with Crippen molar-refractivity contribution in [2.45, 2.75) is 20.8 Å². The van der Waals surface area contributed by atoms with E-state index < -0.39 is 5.97 Å². The Hall–Kier alpha value is -2.01. The lowest BCUT2D eigenvalue weighted by atomic mass is 10.2. The number of hydrogen-bond donors (Lipinski definition) is 0. The molecule has 2 aromatic rings. The second kappa shape index (κ2) is 5.96. The molecule has 0 N–H and O–H groups in total. The molecule has 2 rings (SSSR count). The highest BCUT2D eigenvalue weighted by Crippen LogP contribution is 2.18. The molecule has 0 saturated heterocycles. The van der Waals surface area contributed by atoms with Crippen LogP contribution in [0.3, 0.4) is 0 Å². The van der Waals surface area contributed by atoms with E-state index in [0.717, 1.165) is 17.2 Å². The quantitative estimate of drug-likeness (QED) is 0.641. The first-order valence-electron chi connectivity index (χ1n) is 6.39. The van der Waals surface area contributed by atoms with Crippen LogP contribution in [0.2, 0.25) is 0 Å².